The summed E-state index contributed by atoms with van der Waals surface area (Å²) in [6.07, 6.45) is 5.24. The quantitative estimate of drug-likeness (QED) is 0.703. The van der Waals surface area contributed by atoms with Crippen LogP contribution in [0.2, 0.25) is 0 Å². The summed E-state index contributed by atoms with van der Waals surface area (Å²) in [5.74, 6) is 0.228. The van der Waals surface area contributed by atoms with Gasteiger partial charge in [-0.05, 0) is 38.0 Å². The van der Waals surface area contributed by atoms with Gasteiger partial charge >= 0.3 is 5.97 Å². The zero-order chi connectivity index (χ0) is 10.6. The van der Waals surface area contributed by atoms with Gasteiger partial charge in [0, 0.05) is 0 Å². The van der Waals surface area contributed by atoms with Gasteiger partial charge in [0.25, 0.3) is 0 Å². The predicted octanol–water partition coefficient (Wildman–Crippen LogP) is 1.85. The molecular weight excluding hydrogens is 178 g/mol. The molecule has 2 N–H and O–H groups in total. The molecule has 0 spiro atoms. The van der Waals surface area contributed by atoms with Crippen molar-refractivity contribution in [1.29, 1.82) is 0 Å². The van der Waals surface area contributed by atoms with Gasteiger partial charge in [-0.2, -0.15) is 0 Å². The summed E-state index contributed by atoms with van der Waals surface area (Å²) in [7, 11) is 0. The first-order valence-corrected chi connectivity index (χ1v) is 5.55. The number of hydrogen-bond acceptors (Lipinski definition) is 3. The van der Waals surface area contributed by atoms with Crippen LogP contribution >= 0.6 is 0 Å². The SMILES string of the molecule is CC(C)C[C@@H](N)C(=O)OC1CCCC1. The minimum atomic E-state index is -0.435. The number of hydrogen-bond donors (Lipinski definition) is 1. The minimum Gasteiger partial charge on any atom is -0.461 e. The van der Waals surface area contributed by atoms with E-state index in [0.29, 0.717) is 12.3 Å². The molecule has 1 aliphatic carbocycles. The Kier molecular flexibility index (Phi) is 4.39. The number of rotatable bonds is 4. The first-order chi connectivity index (χ1) is 6.59. The number of esters is 1. The van der Waals surface area contributed by atoms with Gasteiger partial charge in [-0.25, -0.2) is 0 Å². The minimum absolute atomic E-state index is 0.140. The van der Waals surface area contributed by atoms with Crippen molar-refractivity contribution >= 4 is 5.97 Å². The van der Waals surface area contributed by atoms with Crippen LogP contribution in [0, 0.1) is 5.92 Å². The van der Waals surface area contributed by atoms with Crippen LogP contribution in [0.15, 0.2) is 0 Å². The van der Waals surface area contributed by atoms with Crippen molar-refractivity contribution in [1.82, 2.24) is 0 Å². The predicted molar refractivity (Wildman–Crippen MR) is 55.8 cm³/mol. The monoisotopic (exact) mass is 199 g/mol. The van der Waals surface area contributed by atoms with E-state index in [1.54, 1.807) is 0 Å². The second-order valence-electron chi connectivity index (χ2n) is 4.58. The van der Waals surface area contributed by atoms with E-state index in [1.165, 1.54) is 12.8 Å². The van der Waals surface area contributed by atoms with Crippen molar-refractivity contribution in [3.05, 3.63) is 0 Å². The molecule has 0 heterocycles. The molecule has 3 heteroatoms. The third-order valence-electron chi connectivity index (χ3n) is 2.61. The van der Waals surface area contributed by atoms with Gasteiger partial charge in [-0.3, -0.25) is 4.79 Å². The zero-order valence-corrected chi connectivity index (χ0v) is 9.16. The van der Waals surface area contributed by atoms with Gasteiger partial charge in [0.2, 0.25) is 0 Å². The van der Waals surface area contributed by atoms with Crippen molar-refractivity contribution in [2.24, 2.45) is 11.7 Å². The van der Waals surface area contributed by atoms with E-state index in [9.17, 15) is 4.79 Å². The number of carbonyl (C=O) groups excluding carboxylic acids is 1. The van der Waals surface area contributed by atoms with E-state index >= 15 is 0 Å². The van der Waals surface area contributed by atoms with Crippen molar-refractivity contribution < 1.29 is 9.53 Å². The summed E-state index contributed by atoms with van der Waals surface area (Å²) >= 11 is 0. The molecule has 1 rings (SSSR count). The van der Waals surface area contributed by atoms with Crippen LogP contribution in [0.4, 0.5) is 0 Å². The fraction of sp³-hybridized carbons (Fsp3) is 0.909. The molecule has 82 valence electrons. The molecule has 1 fully saturated rings. The summed E-state index contributed by atoms with van der Waals surface area (Å²) in [6.45, 7) is 4.12. The first kappa shape index (κ1) is 11.5. The van der Waals surface area contributed by atoms with Crippen LogP contribution in [-0.4, -0.2) is 18.1 Å². The Morgan fingerprint density at radius 3 is 2.50 bits per heavy atom. The molecule has 14 heavy (non-hydrogen) atoms. The van der Waals surface area contributed by atoms with Gasteiger partial charge in [-0.15, -0.1) is 0 Å². The lowest BCUT2D eigenvalue weighted by Gasteiger charge is -2.16. The lowest BCUT2D eigenvalue weighted by Crippen LogP contribution is -2.35. The van der Waals surface area contributed by atoms with E-state index in [4.69, 9.17) is 10.5 Å². The van der Waals surface area contributed by atoms with E-state index < -0.39 is 6.04 Å². The van der Waals surface area contributed by atoms with Crippen molar-refractivity contribution in [2.75, 3.05) is 0 Å². The van der Waals surface area contributed by atoms with Crippen molar-refractivity contribution in [3.8, 4) is 0 Å². The van der Waals surface area contributed by atoms with Gasteiger partial charge in [0.15, 0.2) is 0 Å². The highest BCUT2D eigenvalue weighted by atomic mass is 16.5. The van der Waals surface area contributed by atoms with E-state index in [-0.39, 0.29) is 12.1 Å². The van der Waals surface area contributed by atoms with E-state index in [0.717, 1.165) is 12.8 Å². The Morgan fingerprint density at radius 1 is 1.43 bits per heavy atom. The van der Waals surface area contributed by atoms with Crippen LogP contribution in [0.3, 0.4) is 0 Å². The fourth-order valence-corrected chi connectivity index (χ4v) is 1.86. The highest BCUT2D eigenvalue weighted by molar-refractivity contribution is 5.75. The van der Waals surface area contributed by atoms with E-state index in [2.05, 4.69) is 13.8 Å². The molecule has 1 aliphatic rings. The first-order valence-electron chi connectivity index (χ1n) is 5.55. The van der Waals surface area contributed by atoms with Crippen molar-refractivity contribution in [2.45, 2.75) is 58.1 Å². The Hall–Kier alpha value is -0.570. The molecule has 0 bridgehead atoms. The van der Waals surface area contributed by atoms with Gasteiger partial charge in [-0.1, -0.05) is 13.8 Å². The average molecular weight is 199 g/mol. The third-order valence-corrected chi connectivity index (χ3v) is 2.61. The molecule has 1 atom stereocenters. The molecular formula is C11H21NO2. The summed E-state index contributed by atoms with van der Waals surface area (Å²) in [5.41, 5.74) is 5.72. The maximum atomic E-state index is 11.5. The van der Waals surface area contributed by atoms with Crippen LogP contribution in [0.5, 0.6) is 0 Å². The highest BCUT2D eigenvalue weighted by Gasteiger charge is 2.23. The third kappa shape index (κ3) is 3.66. The Labute approximate surface area is 86.0 Å². The fourth-order valence-electron chi connectivity index (χ4n) is 1.86. The van der Waals surface area contributed by atoms with E-state index in [1.807, 2.05) is 0 Å². The molecule has 0 aliphatic heterocycles. The second kappa shape index (κ2) is 5.35. The zero-order valence-electron chi connectivity index (χ0n) is 9.16. The molecule has 0 aromatic heterocycles. The summed E-state index contributed by atoms with van der Waals surface area (Å²) < 4.78 is 5.31. The second-order valence-corrected chi connectivity index (χ2v) is 4.58. The Bertz CT molecular complexity index is 186. The normalized spacial score (nSPS) is 20.0. The number of ether oxygens (including phenoxy) is 1. The maximum Gasteiger partial charge on any atom is 0.323 e. The molecule has 3 nitrogen and oxygen atoms in total. The van der Waals surface area contributed by atoms with Crippen LogP contribution in [0.1, 0.15) is 46.0 Å². The lowest BCUT2D eigenvalue weighted by molar-refractivity contribution is -0.150. The van der Waals surface area contributed by atoms with Crippen LogP contribution in [0.25, 0.3) is 0 Å². The molecule has 1 saturated carbocycles. The largest absolute Gasteiger partial charge is 0.461 e. The topological polar surface area (TPSA) is 52.3 Å². The van der Waals surface area contributed by atoms with Crippen LogP contribution < -0.4 is 5.73 Å². The van der Waals surface area contributed by atoms with Gasteiger partial charge in [0.05, 0.1) is 0 Å². The molecule has 0 unspecified atom stereocenters. The summed E-state index contributed by atoms with van der Waals surface area (Å²) in [4.78, 5) is 11.5. The highest BCUT2D eigenvalue weighted by Crippen LogP contribution is 2.21. The average Bonchev–Trinajstić information content (AvgIpc) is 2.55. The Morgan fingerprint density at radius 2 is 2.00 bits per heavy atom. The summed E-state index contributed by atoms with van der Waals surface area (Å²) in [5, 5.41) is 0. The van der Waals surface area contributed by atoms with Crippen LogP contribution in [-0.2, 0) is 9.53 Å². The van der Waals surface area contributed by atoms with Crippen molar-refractivity contribution in [3.63, 3.8) is 0 Å². The number of nitrogens with two attached hydrogens (primary N) is 1. The summed E-state index contributed by atoms with van der Waals surface area (Å²) in [6, 6.07) is -0.435. The molecule has 0 radical (unpaired) electrons. The number of carbonyl (C=O) groups is 1. The smallest absolute Gasteiger partial charge is 0.323 e. The lowest BCUT2D eigenvalue weighted by atomic mass is 10.0. The molecule has 0 saturated heterocycles. The van der Waals surface area contributed by atoms with Gasteiger partial charge < -0.3 is 10.5 Å². The molecule has 0 aromatic rings. The standard InChI is InChI=1S/C11H21NO2/c1-8(2)7-10(12)11(13)14-9-5-3-4-6-9/h8-10H,3-7,12H2,1-2H3/t10-/m1/s1. The molecule has 0 amide bonds. The Balaban J connectivity index is 2.25. The maximum absolute atomic E-state index is 11.5. The molecule has 0 aromatic carbocycles. The van der Waals surface area contributed by atoms with Gasteiger partial charge in [0.1, 0.15) is 12.1 Å².